The number of benzene rings is 1. The van der Waals surface area contributed by atoms with Gasteiger partial charge >= 0.3 is 24.4 Å². The molecule has 0 atom stereocenters. The highest BCUT2D eigenvalue weighted by atomic mass is 19.4. The summed E-state index contributed by atoms with van der Waals surface area (Å²) in [6.45, 7) is 1.51. The summed E-state index contributed by atoms with van der Waals surface area (Å²) in [7, 11) is 0. The van der Waals surface area contributed by atoms with Crippen LogP contribution in [0.4, 0.5) is 42.5 Å². The number of hydrogen-bond acceptors (Lipinski definition) is 6. The average Bonchev–Trinajstić information content (AvgIpc) is 3.18. The zero-order valence-electron chi connectivity index (χ0n) is 19.8. The van der Waals surface area contributed by atoms with E-state index in [1.54, 1.807) is 42.7 Å². The third-order valence-electron chi connectivity index (χ3n) is 5.13. The molecular weight excluding hydrogens is 538 g/mol. The number of aromatic nitrogens is 2. The van der Waals surface area contributed by atoms with Crippen LogP contribution in [0.15, 0.2) is 61.2 Å². The van der Waals surface area contributed by atoms with Crippen LogP contribution in [0.1, 0.15) is 18.1 Å². The number of aliphatic carboxylic acids is 1. The monoisotopic (exact) mass is 556 g/mol. The zero-order valence-corrected chi connectivity index (χ0v) is 19.8. The highest BCUT2D eigenvalue weighted by molar-refractivity contribution is 6.27. The molecule has 2 aromatic heterocycles. The van der Waals surface area contributed by atoms with Gasteiger partial charge in [0.25, 0.3) is 5.91 Å². The number of amides is 3. The zero-order chi connectivity index (χ0) is 29.0. The predicted octanol–water partition coefficient (Wildman–Crippen LogP) is 5.46. The lowest BCUT2D eigenvalue weighted by Gasteiger charge is -2.19. The summed E-state index contributed by atoms with van der Waals surface area (Å²) in [5.74, 6) is -2.18. The van der Waals surface area contributed by atoms with Gasteiger partial charge in [-0.2, -0.15) is 26.3 Å². The maximum absolute atomic E-state index is 13.0. The van der Waals surface area contributed by atoms with Crippen molar-refractivity contribution in [1.29, 1.82) is 0 Å². The number of halogens is 6. The van der Waals surface area contributed by atoms with Crippen LogP contribution < -0.4 is 14.5 Å². The normalized spacial score (nSPS) is 13.7. The third-order valence-corrected chi connectivity index (χ3v) is 5.13. The van der Waals surface area contributed by atoms with Crippen molar-refractivity contribution in [2.75, 3.05) is 16.3 Å². The van der Waals surface area contributed by atoms with Crippen molar-refractivity contribution in [3.05, 3.63) is 72.3 Å². The minimum Gasteiger partial charge on any atom is -0.475 e. The predicted molar refractivity (Wildman–Crippen MR) is 123 cm³/mol. The maximum Gasteiger partial charge on any atom is 0.490 e. The Hall–Kier alpha value is -4.69. The molecule has 3 amide bonds. The fourth-order valence-electron chi connectivity index (χ4n) is 3.30. The summed E-state index contributed by atoms with van der Waals surface area (Å²) >= 11 is 0. The lowest BCUT2D eigenvalue weighted by atomic mass is 10.1. The van der Waals surface area contributed by atoms with Crippen LogP contribution in [-0.2, 0) is 22.2 Å². The van der Waals surface area contributed by atoms with Crippen LogP contribution in [0.2, 0.25) is 0 Å². The standard InChI is InChI=1S/C22H17F3N4O3.C2HF3O2/c1-2-14-9-16(3-4-19(14)32-18-5-7-26-8-6-18)29-20(30)13-28(21(29)31)17-10-15(11-27-12-17)22(23,24)25;3-2(4,5)1(6)7/h3-12H,2,13H2,1H3;(H,6,7). The van der Waals surface area contributed by atoms with Crippen molar-refractivity contribution in [2.45, 2.75) is 25.7 Å². The van der Waals surface area contributed by atoms with Crippen LogP contribution in [0.3, 0.4) is 0 Å². The molecule has 0 aliphatic carbocycles. The first kappa shape index (κ1) is 28.9. The Labute approximate surface area is 216 Å². The van der Waals surface area contributed by atoms with Gasteiger partial charge in [-0.15, -0.1) is 0 Å². The Balaban J connectivity index is 0.000000532. The number of rotatable bonds is 5. The molecule has 0 spiro atoms. The Morgan fingerprint density at radius 2 is 1.62 bits per heavy atom. The quantitative estimate of drug-likeness (QED) is 0.328. The first-order valence-electron chi connectivity index (χ1n) is 10.9. The number of aryl methyl sites for hydroxylation is 1. The van der Waals surface area contributed by atoms with E-state index in [0.29, 0.717) is 29.8 Å². The second-order valence-electron chi connectivity index (χ2n) is 7.76. The van der Waals surface area contributed by atoms with Crippen molar-refractivity contribution < 1.29 is 50.6 Å². The van der Waals surface area contributed by atoms with Crippen molar-refractivity contribution in [3.8, 4) is 11.5 Å². The second kappa shape index (κ2) is 11.4. The Morgan fingerprint density at radius 1 is 0.974 bits per heavy atom. The minimum absolute atomic E-state index is 0.103. The molecule has 206 valence electrons. The van der Waals surface area contributed by atoms with Crippen LogP contribution in [0.5, 0.6) is 11.5 Å². The van der Waals surface area contributed by atoms with E-state index in [9.17, 15) is 35.9 Å². The number of carboxylic acids is 1. The SMILES string of the molecule is CCc1cc(N2C(=O)CN(c3cncc(C(F)(F)F)c3)C2=O)ccc1Oc1ccncc1.O=C(O)C(F)(F)F. The molecule has 0 unspecified atom stereocenters. The number of carbonyl (C=O) groups excluding carboxylic acids is 2. The minimum atomic E-state index is -5.08. The highest BCUT2D eigenvalue weighted by Gasteiger charge is 2.40. The summed E-state index contributed by atoms with van der Waals surface area (Å²) in [5, 5.41) is 7.12. The van der Waals surface area contributed by atoms with Gasteiger partial charge in [-0.1, -0.05) is 6.92 Å². The number of hydrogen-bond donors (Lipinski definition) is 1. The Bertz CT molecular complexity index is 1370. The number of nitrogens with zero attached hydrogens (tertiary/aromatic N) is 4. The van der Waals surface area contributed by atoms with Crippen LogP contribution in [0.25, 0.3) is 0 Å². The van der Waals surface area contributed by atoms with E-state index >= 15 is 0 Å². The molecule has 1 aromatic carbocycles. The average molecular weight is 556 g/mol. The van der Waals surface area contributed by atoms with Crippen molar-refractivity contribution in [3.63, 3.8) is 0 Å². The Morgan fingerprint density at radius 3 is 2.18 bits per heavy atom. The van der Waals surface area contributed by atoms with E-state index in [4.69, 9.17) is 14.6 Å². The van der Waals surface area contributed by atoms with E-state index in [2.05, 4.69) is 9.97 Å². The van der Waals surface area contributed by atoms with Crippen LogP contribution in [-0.4, -0.2) is 45.7 Å². The molecule has 1 saturated heterocycles. The molecule has 1 fully saturated rings. The molecule has 0 radical (unpaired) electrons. The molecule has 3 aromatic rings. The van der Waals surface area contributed by atoms with Crippen molar-refractivity contribution in [1.82, 2.24) is 9.97 Å². The van der Waals surface area contributed by atoms with Gasteiger partial charge in [0.1, 0.15) is 18.0 Å². The summed E-state index contributed by atoms with van der Waals surface area (Å²) in [4.78, 5) is 43.8. The van der Waals surface area contributed by atoms with E-state index in [1.807, 2.05) is 6.92 Å². The lowest BCUT2D eigenvalue weighted by molar-refractivity contribution is -0.192. The molecule has 0 saturated carbocycles. The highest BCUT2D eigenvalue weighted by Crippen LogP contribution is 2.34. The van der Waals surface area contributed by atoms with Gasteiger partial charge in [-0.25, -0.2) is 14.5 Å². The number of pyridine rings is 2. The lowest BCUT2D eigenvalue weighted by Crippen LogP contribution is -2.33. The molecule has 15 heteroatoms. The summed E-state index contributed by atoms with van der Waals surface area (Å²) in [6, 6.07) is 8.29. The molecule has 0 bridgehead atoms. The molecule has 1 N–H and O–H groups in total. The Kier molecular flexibility index (Phi) is 8.42. The third kappa shape index (κ3) is 7.00. The summed E-state index contributed by atoms with van der Waals surface area (Å²) < 4.78 is 76.6. The number of anilines is 2. The second-order valence-corrected chi connectivity index (χ2v) is 7.76. The number of urea groups is 1. The first-order chi connectivity index (χ1) is 18.2. The van der Waals surface area contributed by atoms with Gasteiger partial charge < -0.3 is 9.84 Å². The molecule has 3 heterocycles. The summed E-state index contributed by atoms with van der Waals surface area (Å²) in [5.41, 5.74) is -0.0472. The number of carboxylic acid groups (broad SMARTS) is 1. The maximum atomic E-state index is 13.0. The van der Waals surface area contributed by atoms with E-state index < -0.39 is 42.4 Å². The van der Waals surface area contributed by atoms with Gasteiger partial charge in [0, 0.05) is 18.6 Å². The summed E-state index contributed by atoms with van der Waals surface area (Å²) in [6.07, 6.45) is -4.17. The fourth-order valence-corrected chi connectivity index (χ4v) is 3.30. The topological polar surface area (TPSA) is 113 Å². The van der Waals surface area contributed by atoms with Gasteiger partial charge in [0.05, 0.1) is 23.1 Å². The van der Waals surface area contributed by atoms with E-state index in [1.165, 1.54) is 0 Å². The van der Waals surface area contributed by atoms with Gasteiger partial charge in [0.2, 0.25) is 0 Å². The molecular formula is C24H18F6N4O5. The van der Waals surface area contributed by atoms with Gasteiger partial charge in [0.15, 0.2) is 0 Å². The largest absolute Gasteiger partial charge is 0.490 e. The van der Waals surface area contributed by atoms with Crippen molar-refractivity contribution in [2.24, 2.45) is 0 Å². The number of alkyl halides is 6. The first-order valence-corrected chi connectivity index (χ1v) is 10.9. The molecule has 9 nitrogen and oxygen atoms in total. The van der Waals surface area contributed by atoms with Crippen molar-refractivity contribution >= 4 is 29.3 Å². The van der Waals surface area contributed by atoms with Crippen LogP contribution >= 0.6 is 0 Å². The molecule has 39 heavy (non-hydrogen) atoms. The molecule has 4 rings (SSSR count). The van der Waals surface area contributed by atoms with Crippen LogP contribution in [0, 0.1) is 0 Å². The number of carbonyl (C=O) groups is 3. The van der Waals surface area contributed by atoms with Gasteiger partial charge in [-0.05, 0) is 48.4 Å². The fraction of sp³-hybridized carbons (Fsp3) is 0.208. The smallest absolute Gasteiger partial charge is 0.475 e. The number of imide groups is 1. The van der Waals surface area contributed by atoms with E-state index in [0.717, 1.165) is 27.6 Å². The van der Waals surface area contributed by atoms with E-state index in [-0.39, 0.29) is 5.69 Å². The molecule has 1 aliphatic rings. The molecule has 1 aliphatic heterocycles. The number of ether oxygens (including phenoxy) is 1. The van der Waals surface area contributed by atoms with Gasteiger partial charge in [-0.3, -0.25) is 19.7 Å².